The number of hydrogen-bond donors (Lipinski definition) is 2. The van der Waals surface area contributed by atoms with Crippen molar-refractivity contribution in [2.45, 2.75) is 13.8 Å². The molecule has 0 aliphatic carbocycles. The van der Waals surface area contributed by atoms with Crippen molar-refractivity contribution < 1.29 is 23.3 Å². The molecule has 2 N–H and O–H groups in total. The molecule has 0 aliphatic heterocycles. The number of amides is 2. The Morgan fingerprint density at radius 2 is 1.67 bits per heavy atom. The van der Waals surface area contributed by atoms with Gasteiger partial charge in [-0.2, -0.15) is 0 Å². The van der Waals surface area contributed by atoms with Crippen LogP contribution in [0.25, 0.3) is 11.3 Å². The first-order chi connectivity index (χ1) is 15.8. The van der Waals surface area contributed by atoms with Crippen LogP contribution in [-0.4, -0.2) is 16.7 Å². The first-order valence-corrected chi connectivity index (χ1v) is 9.94. The topological polar surface area (TPSA) is 128 Å². The fourth-order valence-corrected chi connectivity index (χ4v) is 3.31. The van der Waals surface area contributed by atoms with Crippen LogP contribution in [0.3, 0.4) is 0 Å². The molecule has 4 aromatic rings. The molecule has 0 aliphatic rings. The van der Waals surface area contributed by atoms with Gasteiger partial charge in [-0.25, -0.2) is 0 Å². The van der Waals surface area contributed by atoms with Crippen molar-refractivity contribution in [1.29, 1.82) is 0 Å². The highest BCUT2D eigenvalue weighted by Crippen LogP contribution is 2.29. The zero-order valence-electron chi connectivity index (χ0n) is 17.7. The van der Waals surface area contributed by atoms with Crippen LogP contribution in [0.4, 0.5) is 17.1 Å². The lowest BCUT2D eigenvalue weighted by Crippen LogP contribution is -2.13. The smallest absolute Gasteiger partial charge is 0.291 e. The van der Waals surface area contributed by atoms with E-state index in [0.717, 1.165) is 5.56 Å². The highest BCUT2D eigenvalue weighted by atomic mass is 16.6. The summed E-state index contributed by atoms with van der Waals surface area (Å²) in [6, 6.07) is 15.9. The Balaban J connectivity index is 1.46. The van der Waals surface area contributed by atoms with Crippen molar-refractivity contribution in [2.75, 3.05) is 10.6 Å². The standard InChI is InChI=1S/C24H19N3O6/c1-14-13-17(27(30)31)6-7-18(14)20-9-10-22(33-20)24(29)25-16-5-8-19(15(2)12-16)26-23(28)21-4-3-11-32-21/h3-13H,1-2H3,(H,25,29)(H,26,28). The first-order valence-electron chi connectivity index (χ1n) is 9.94. The van der Waals surface area contributed by atoms with Gasteiger partial charge in [0.25, 0.3) is 17.5 Å². The van der Waals surface area contributed by atoms with Gasteiger partial charge in [-0.1, -0.05) is 0 Å². The number of carbonyl (C=O) groups excluding carboxylic acids is 2. The highest BCUT2D eigenvalue weighted by molar-refractivity contribution is 6.04. The maximum absolute atomic E-state index is 12.6. The molecule has 2 amide bonds. The van der Waals surface area contributed by atoms with E-state index in [4.69, 9.17) is 8.83 Å². The summed E-state index contributed by atoms with van der Waals surface area (Å²) in [5, 5.41) is 16.4. The van der Waals surface area contributed by atoms with Crippen molar-refractivity contribution in [3.8, 4) is 11.3 Å². The van der Waals surface area contributed by atoms with Gasteiger partial charge in [0.15, 0.2) is 11.5 Å². The second kappa shape index (κ2) is 8.83. The molecule has 2 aromatic carbocycles. The number of anilines is 2. The van der Waals surface area contributed by atoms with Crippen molar-refractivity contribution in [2.24, 2.45) is 0 Å². The minimum absolute atomic E-state index is 0.0139. The minimum atomic E-state index is -0.465. The molecule has 166 valence electrons. The lowest BCUT2D eigenvalue weighted by Gasteiger charge is -2.10. The number of benzene rings is 2. The number of furan rings is 2. The summed E-state index contributed by atoms with van der Waals surface area (Å²) in [5.74, 6) is -0.101. The maximum atomic E-state index is 12.6. The van der Waals surface area contributed by atoms with Gasteiger partial charge in [0.1, 0.15) is 5.76 Å². The van der Waals surface area contributed by atoms with Crippen molar-refractivity contribution in [1.82, 2.24) is 0 Å². The Hall–Kier alpha value is -4.66. The number of hydrogen-bond acceptors (Lipinski definition) is 6. The average Bonchev–Trinajstić information content (AvgIpc) is 3.48. The molecule has 0 saturated heterocycles. The molecule has 0 radical (unpaired) electrons. The van der Waals surface area contributed by atoms with Crippen LogP contribution in [0.5, 0.6) is 0 Å². The highest BCUT2D eigenvalue weighted by Gasteiger charge is 2.16. The van der Waals surface area contributed by atoms with Gasteiger partial charge in [-0.15, -0.1) is 0 Å². The SMILES string of the molecule is Cc1cc(NC(=O)c2ccc(-c3ccc([N+](=O)[O-])cc3C)o2)ccc1NC(=O)c1ccco1. The number of nitro groups is 1. The molecule has 4 rings (SSSR count). The summed E-state index contributed by atoms with van der Waals surface area (Å²) >= 11 is 0. The molecule has 0 atom stereocenters. The van der Waals surface area contributed by atoms with Crippen molar-refractivity contribution in [3.63, 3.8) is 0 Å². The third-order valence-electron chi connectivity index (χ3n) is 4.99. The number of non-ortho nitro benzene ring substituents is 1. The molecule has 2 aromatic heterocycles. The predicted molar refractivity (Wildman–Crippen MR) is 121 cm³/mol. The summed E-state index contributed by atoms with van der Waals surface area (Å²) in [7, 11) is 0. The van der Waals surface area contributed by atoms with Gasteiger partial charge in [-0.05, 0) is 73.5 Å². The van der Waals surface area contributed by atoms with E-state index in [2.05, 4.69) is 10.6 Å². The number of nitro benzene ring substituents is 1. The Kier molecular flexibility index (Phi) is 5.77. The lowest BCUT2D eigenvalue weighted by atomic mass is 10.1. The van der Waals surface area contributed by atoms with E-state index in [1.165, 1.54) is 24.5 Å². The Bertz CT molecular complexity index is 1350. The van der Waals surface area contributed by atoms with Crippen LogP contribution in [0.15, 0.2) is 75.8 Å². The minimum Gasteiger partial charge on any atom is -0.459 e. The molecule has 0 spiro atoms. The van der Waals surface area contributed by atoms with Crippen LogP contribution in [0.2, 0.25) is 0 Å². The second-order valence-corrected chi connectivity index (χ2v) is 7.34. The summed E-state index contributed by atoms with van der Waals surface area (Å²) in [6.45, 7) is 3.54. The van der Waals surface area contributed by atoms with Gasteiger partial charge >= 0.3 is 0 Å². The maximum Gasteiger partial charge on any atom is 0.291 e. The fraction of sp³-hybridized carbons (Fsp3) is 0.0833. The normalized spacial score (nSPS) is 10.6. The van der Waals surface area contributed by atoms with Crippen LogP contribution in [-0.2, 0) is 0 Å². The van der Waals surface area contributed by atoms with Gasteiger partial charge in [0.05, 0.1) is 11.2 Å². The number of rotatable bonds is 6. The van der Waals surface area contributed by atoms with E-state index in [1.807, 2.05) is 0 Å². The quantitative estimate of drug-likeness (QED) is 0.295. The van der Waals surface area contributed by atoms with E-state index in [9.17, 15) is 19.7 Å². The Morgan fingerprint density at radius 3 is 2.33 bits per heavy atom. The molecule has 0 saturated carbocycles. The second-order valence-electron chi connectivity index (χ2n) is 7.34. The summed E-state index contributed by atoms with van der Waals surface area (Å²) in [6.07, 6.45) is 1.42. The van der Waals surface area contributed by atoms with E-state index in [0.29, 0.717) is 28.3 Å². The molecular formula is C24H19N3O6. The van der Waals surface area contributed by atoms with Gasteiger partial charge < -0.3 is 19.5 Å². The number of nitrogens with one attached hydrogen (secondary N) is 2. The number of carbonyl (C=O) groups is 2. The lowest BCUT2D eigenvalue weighted by molar-refractivity contribution is -0.384. The first kappa shape index (κ1) is 21.6. The monoisotopic (exact) mass is 445 g/mol. The molecule has 33 heavy (non-hydrogen) atoms. The molecular weight excluding hydrogens is 426 g/mol. The molecule has 0 fully saturated rings. The largest absolute Gasteiger partial charge is 0.459 e. The third kappa shape index (κ3) is 4.67. The number of nitrogens with zero attached hydrogens (tertiary/aromatic N) is 1. The Morgan fingerprint density at radius 1 is 0.879 bits per heavy atom. The molecule has 0 bridgehead atoms. The zero-order chi connectivity index (χ0) is 23.5. The summed E-state index contributed by atoms with van der Waals surface area (Å²) in [4.78, 5) is 35.2. The van der Waals surface area contributed by atoms with Gasteiger partial charge in [0, 0.05) is 29.1 Å². The van der Waals surface area contributed by atoms with Crippen LogP contribution < -0.4 is 10.6 Å². The van der Waals surface area contributed by atoms with Crippen LogP contribution >= 0.6 is 0 Å². The van der Waals surface area contributed by atoms with Crippen LogP contribution in [0, 0.1) is 24.0 Å². The van der Waals surface area contributed by atoms with Crippen molar-refractivity contribution in [3.05, 3.63) is 99.7 Å². The molecule has 0 unspecified atom stereocenters. The van der Waals surface area contributed by atoms with E-state index < -0.39 is 10.8 Å². The molecule has 9 nitrogen and oxygen atoms in total. The van der Waals surface area contributed by atoms with E-state index in [1.54, 1.807) is 56.3 Å². The van der Waals surface area contributed by atoms with E-state index >= 15 is 0 Å². The third-order valence-corrected chi connectivity index (χ3v) is 4.99. The zero-order valence-corrected chi connectivity index (χ0v) is 17.7. The van der Waals surface area contributed by atoms with Crippen molar-refractivity contribution >= 4 is 28.9 Å². The molecule has 2 heterocycles. The molecule has 9 heteroatoms. The van der Waals surface area contributed by atoms with Crippen LogP contribution in [0.1, 0.15) is 32.2 Å². The van der Waals surface area contributed by atoms with Gasteiger partial charge in [0.2, 0.25) is 0 Å². The Labute approximate surface area is 188 Å². The predicted octanol–water partition coefficient (Wildman–Crippen LogP) is 5.57. The van der Waals surface area contributed by atoms with E-state index in [-0.39, 0.29) is 23.1 Å². The fourth-order valence-electron chi connectivity index (χ4n) is 3.31. The summed E-state index contributed by atoms with van der Waals surface area (Å²) in [5.41, 5.74) is 3.16. The summed E-state index contributed by atoms with van der Waals surface area (Å²) < 4.78 is 10.8. The average molecular weight is 445 g/mol. The number of aryl methyl sites for hydroxylation is 2. The van der Waals surface area contributed by atoms with Gasteiger partial charge in [-0.3, -0.25) is 19.7 Å².